The summed E-state index contributed by atoms with van der Waals surface area (Å²) >= 11 is 5.45. The van der Waals surface area contributed by atoms with Crippen LogP contribution in [0, 0.1) is 0 Å². The van der Waals surface area contributed by atoms with Crippen LogP contribution < -0.4 is 0 Å². The third kappa shape index (κ3) is 3.85. The molecule has 1 aromatic rings. The van der Waals surface area contributed by atoms with Gasteiger partial charge in [0.1, 0.15) is 5.76 Å². The predicted octanol–water partition coefficient (Wildman–Crippen LogP) is 1.67. The van der Waals surface area contributed by atoms with Crippen molar-refractivity contribution in [2.75, 3.05) is 18.7 Å². The number of sulfonamides is 1. The van der Waals surface area contributed by atoms with Gasteiger partial charge in [0, 0.05) is 12.9 Å². The van der Waals surface area contributed by atoms with E-state index in [4.69, 9.17) is 16.0 Å². The van der Waals surface area contributed by atoms with Gasteiger partial charge in [-0.05, 0) is 18.6 Å². The summed E-state index contributed by atoms with van der Waals surface area (Å²) in [4.78, 5) is 0. The second kappa shape index (κ2) is 5.53. The number of halogens is 1. The van der Waals surface area contributed by atoms with E-state index in [9.17, 15) is 8.42 Å². The minimum Gasteiger partial charge on any atom is -0.468 e. The van der Waals surface area contributed by atoms with Gasteiger partial charge in [-0.1, -0.05) is 0 Å². The van der Waals surface area contributed by atoms with Gasteiger partial charge in [0.05, 0.1) is 18.6 Å². The van der Waals surface area contributed by atoms with E-state index >= 15 is 0 Å². The minimum absolute atomic E-state index is 0.0771. The third-order valence-electron chi connectivity index (χ3n) is 1.97. The Kier molecular flexibility index (Phi) is 4.63. The topological polar surface area (TPSA) is 50.5 Å². The van der Waals surface area contributed by atoms with Crippen molar-refractivity contribution in [2.24, 2.45) is 0 Å². The molecule has 0 N–H and O–H groups in total. The first-order valence-corrected chi connectivity index (χ1v) is 6.73. The van der Waals surface area contributed by atoms with Crippen molar-refractivity contribution in [1.82, 2.24) is 4.31 Å². The second-order valence-electron chi connectivity index (χ2n) is 3.19. The fourth-order valence-electron chi connectivity index (χ4n) is 1.11. The Bertz CT molecular complexity index is 374. The Morgan fingerprint density at radius 2 is 2.27 bits per heavy atom. The fraction of sp³-hybridized carbons (Fsp3) is 0.556. The highest BCUT2D eigenvalue weighted by Crippen LogP contribution is 2.09. The van der Waals surface area contributed by atoms with E-state index in [1.807, 2.05) is 0 Å². The van der Waals surface area contributed by atoms with Gasteiger partial charge in [-0.15, -0.1) is 11.6 Å². The molecule has 15 heavy (non-hydrogen) atoms. The van der Waals surface area contributed by atoms with Crippen molar-refractivity contribution < 1.29 is 12.8 Å². The van der Waals surface area contributed by atoms with Crippen LogP contribution in [0.4, 0.5) is 0 Å². The van der Waals surface area contributed by atoms with Crippen molar-refractivity contribution in [3.05, 3.63) is 24.2 Å². The summed E-state index contributed by atoms with van der Waals surface area (Å²) in [5.74, 6) is 1.06. The van der Waals surface area contributed by atoms with Gasteiger partial charge in [-0.2, -0.15) is 4.31 Å². The lowest BCUT2D eigenvalue weighted by Gasteiger charge is -2.15. The Balaban J connectivity index is 2.56. The maximum absolute atomic E-state index is 11.6. The molecule has 0 fully saturated rings. The quantitative estimate of drug-likeness (QED) is 0.723. The molecule has 0 aromatic carbocycles. The lowest BCUT2D eigenvalue weighted by Crippen LogP contribution is -2.28. The summed E-state index contributed by atoms with van der Waals surface area (Å²) in [5.41, 5.74) is 0. The predicted molar refractivity (Wildman–Crippen MR) is 59.3 cm³/mol. The molecule has 0 atom stereocenters. The average Bonchev–Trinajstić information content (AvgIpc) is 2.67. The summed E-state index contributed by atoms with van der Waals surface area (Å²) in [6, 6.07) is 3.47. The van der Waals surface area contributed by atoms with E-state index in [2.05, 4.69) is 0 Å². The molecule has 86 valence electrons. The van der Waals surface area contributed by atoms with Crippen LogP contribution >= 0.6 is 11.6 Å². The molecule has 1 rings (SSSR count). The van der Waals surface area contributed by atoms with Crippen molar-refractivity contribution in [2.45, 2.75) is 13.0 Å². The largest absolute Gasteiger partial charge is 0.468 e. The number of alkyl halides is 1. The van der Waals surface area contributed by atoms with Crippen LogP contribution in [0.1, 0.15) is 12.2 Å². The van der Waals surface area contributed by atoms with E-state index < -0.39 is 10.0 Å². The van der Waals surface area contributed by atoms with E-state index in [1.54, 1.807) is 12.1 Å². The average molecular weight is 252 g/mol. The monoisotopic (exact) mass is 251 g/mol. The molecule has 4 nitrogen and oxygen atoms in total. The smallest absolute Gasteiger partial charge is 0.214 e. The second-order valence-corrected chi connectivity index (χ2v) is 5.77. The van der Waals surface area contributed by atoms with Crippen LogP contribution in [0.25, 0.3) is 0 Å². The molecular formula is C9H14ClNO3S. The highest BCUT2D eigenvalue weighted by molar-refractivity contribution is 7.89. The lowest BCUT2D eigenvalue weighted by atomic mass is 10.4. The number of hydrogen-bond acceptors (Lipinski definition) is 3. The van der Waals surface area contributed by atoms with Crippen LogP contribution in [-0.4, -0.2) is 31.4 Å². The molecule has 0 aliphatic carbocycles. The molecule has 0 unspecified atom stereocenters. The van der Waals surface area contributed by atoms with Crippen molar-refractivity contribution in [1.29, 1.82) is 0 Å². The first-order valence-electron chi connectivity index (χ1n) is 4.58. The molecule has 6 heteroatoms. The third-order valence-corrected chi connectivity index (χ3v) is 4.12. The zero-order valence-electron chi connectivity index (χ0n) is 8.52. The summed E-state index contributed by atoms with van der Waals surface area (Å²) < 4.78 is 29.6. The number of furan rings is 1. The molecule has 0 spiro atoms. The molecule has 0 aliphatic heterocycles. The molecule has 0 saturated heterocycles. The van der Waals surface area contributed by atoms with E-state index in [1.165, 1.54) is 17.6 Å². The van der Waals surface area contributed by atoms with Crippen LogP contribution in [0.3, 0.4) is 0 Å². The normalized spacial score (nSPS) is 12.2. The van der Waals surface area contributed by atoms with Gasteiger partial charge in [-0.25, -0.2) is 8.42 Å². The molecule has 0 aliphatic rings. The maximum Gasteiger partial charge on any atom is 0.214 e. The number of rotatable bonds is 6. The summed E-state index contributed by atoms with van der Waals surface area (Å²) in [5, 5.41) is 0. The first-order chi connectivity index (χ1) is 7.06. The fourth-order valence-corrected chi connectivity index (χ4v) is 2.55. The van der Waals surface area contributed by atoms with Crippen LogP contribution in [0.15, 0.2) is 22.8 Å². The lowest BCUT2D eigenvalue weighted by molar-refractivity contribution is 0.406. The van der Waals surface area contributed by atoms with E-state index in [0.717, 1.165) is 0 Å². The zero-order chi connectivity index (χ0) is 11.3. The number of hydrogen-bond donors (Lipinski definition) is 0. The molecule has 1 heterocycles. The Morgan fingerprint density at radius 3 is 2.80 bits per heavy atom. The molecule has 0 amide bonds. The molecule has 0 saturated carbocycles. The Labute approximate surface area is 94.9 Å². The molecule has 0 radical (unpaired) electrons. The summed E-state index contributed by atoms with van der Waals surface area (Å²) in [7, 11) is -1.68. The maximum atomic E-state index is 11.6. The summed E-state index contributed by atoms with van der Waals surface area (Å²) in [6.45, 7) is 0.262. The van der Waals surface area contributed by atoms with Gasteiger partial charge in [0.2, 0.25) is 10.0 Å². The molecule has 1 aromatic heterocycles. The van der Waals surface area contributed by atoms with E-state index in [-0.39, 0.29) is 12.3 Å². The zero-order valence-corrected chi connectivity index (χ0v) is 10.1. The van der Waals surface area contributed by atoms with Gasteiger partial charge in [-0.3, -0.25) is 0 Å². The summed E-state index contributed by atoms with van der Waals surface area (Å²) in [6.07, 6.45) is 1.99. The highest BCUT2D eigenvalue weighted by Gasteiger charge is 2.18. The van der Waals surface area contributed by atoms with Crippen molar-refractivity contribution >= 4 is 21.6 Å². The minimum atomic E-state index is -3.21. The number of nitrogens with zero attached hydrogens (tertiary/aromatic N) is 1. The molecular weight excluding hydrogens is 238 g/mol. The Hall–Kier alpha value is -0.520. The highest BCUT2D eigenvalue weighted by atomic mass is 35.5. The van der Waals surface area contributed by atoms with Crippen LogP contribution in [-0.2, 0) is 16.6 Å². The molecule has 0 bridgehead atoms. The van der Waals surface area contributed by atoms with Gasteiger partial charge < -0.3 is 4.42 Å². The van der Waals surface area contributed by atoms with Crippen molar-refractivity contribution in [3.8, 4) is 0 Å². The van der Waals surface area contributed by atoms with Gasteiger partial charge >= 0.3 is 0 Å². The van der Waals surface area contributed by atoms with E-state index in [0.29, 0.717) is 18.1 Å². The first kappa shape index (κ1) is 12.5. The van der Waals surface area contributed by atoms with Crippen LogP contribution in [0.5, 0.6) is 0 Å². The SMILES string of the molecule is CN(Cc1ccco1)S(=O)(=O)CCCCl. The van der Waals surface area contributed by atoms with Gasteiger partial charge in [0.15, 0.2) is 0 Å². The van der Waals surface area contributed by atoms with Gasteiger partial charge in [0.25, 0.3) is 0 Å². The van der Waals surface area contributed by atoms with Crippen molar-refractivity contribution in [3.63, 3.8) is 0 Å². The van der Waals surface area contributed by atoms with Crippen LogP contribution in [0.2, 0.25) is 0 Å². The standard InChI is InChI=1S/C9H14ClNO3S/c1-11(8-9-4-2-6-14-9)15(12,13)7-3-5-10/h2,4,6H,3,5,7-8H2,1H3. The Morgan fingerprint density at radius 1 is 1.53 bits per heavy atom.